The molecule has 1 aliphatic carbocycles. The Hall–Kier alpha value is -2.04. The van der Waals surface area contributed by atoms with Gasteiger partial charge < -0.3 is 4.74 Å². The summed E-state index contributed by atoms with van der Waals surface area (Å²) in [5.41, 5.74) is 6.79. The number of Topliss-reactive ketones (excluding diaryl/α,β-unsaturated/α-hetero) is 1. The van der Waals surface area contributed by atoms with Gasteiger partial charge in [0, 0.05) is 50.0 Å². The van der Waals surface area contributed by atoms with Crippen molar-refractivity contribution in [3.63, 3.8) is 0 Å². The van der Waals surface area contributed by atoms with Crippen molar-refractivity contribution in [3.8, 4) is 0 Å². The molecule has 0 saturated carbocycles. The molecule has 0 spiro atoms. The van der Waals surface area contributed by atoms with Crippen LogP contribution in [0.15, 0.2) is 41.0 Å². The van der Waals surface area contributed by atoms with Crippen LogP contribution in [-0.2, 0) is 22.5 Å². The number of morpholine rings is 1. The molecule has 4 rings (SSSR count). The number of allylic oxidation sites excluding steroid dienone is 3. The van der Waals surface area contributed by atoms with E-state index in [0.717, 1.165) is 68.0 Å². The molecule has 4 heteroatoms. The minimum absolute atomic E-state index is 0.232. The number of ketones is 1. The molecule has 0 amide bonds. The lowest BCUT2D eigenvalue weighted by atomic mass is 9.97. The van der Waals surface area contributed by atoms with E-state index in [-0.39, 0.29) is 5.78 Å². The number of hydrogen-bond donors (Lipinski definition) is 0. The first kappa shape index (κ1) is 16.4. The molecule has 0 atom stereocenters. The van der Waals surface area contributed by atoms with Gasteiger partial charge in [-0.2, -0.15) is 0 Å². The molecule has 0 N–H and O–H groups in total. The van der Waals surface area contributed by atoms with Gasteiger partial charge in [-0.3, -0.25) is 14.7 Å². The van der Waals surface area contributed by atoms with E-state index in [2.05, 4.69) is 41.1 Å². The Morgan fingerprint density at radius 2 is 2.08 bits per heavy atom. The fraction of sp³-hybridized carbons (Fsp3) is 0.429. The first-order valence-electron chi connectivity index (χ1n) is 9.15. The molecule has 25 heavy (non-hydrogen) atoms. The van der Waals surface area contributed by atoms with Gasteiger partial charge >= 0.3 is 0 Å². The first-order chi connectivity index (χ1) is 12.2. The van der Waals surface area contributed by atoms with E-state index in [1.165, 1.54) is 11.3 Å². The second-order valence-electron chi connectivity index (χ2n) is 6.93. The third-order valence-corrected chi connectivity index (χ3v) is 5.21. The van der Waals surface area contributed by atoms with Crippen LogP contribution >= 0.6 is 0 Å². The van der Waals surface area contributed by atoms with Crippen molar-refractivity contribution in [2.45, 2.75) is 32.7 Å². The molecule has 130 valence electrons. The highest BCUT2D eigenvalue weighted by atomic mass is 16.5. The van der Waals surface area contributed by atoms with Gasteiger partial charge in [-0.1, -0.05) is 25.1 Å². The Morgan fingerprint density at radius 3 is 2.84 bits per heavy atom. The van der Waals surface area contributed by atoms with Crippen LogP contribution < -0.4 is 0 Å². The molecular weight excluding hydrogens is 312 g/mol. The molecular formula is C21H24N2O2. The fourth-order valence-electron chi connectivity index (χ4n) is 3.83. The second kappa shape index (κ2) is 7.06. The number of carbonyl (C=O) groups is 1. The predicted molar refractivity (Wildman–Crippen MR) is 99.7 cm³/mol. The van der Waals surface area contributed by atoms with Crippen LogP contribution in [-0.4, -0.2) is 42.7 Å². The zero-order chi connectivity index (χ0) is 17.2. The highest BCUT2D eigenvalue weighted by molar-refractivity contribution is 6.26. The van der Waals surface area contributed by atoms with Crippen molar-refractivity contribution < 1.29 is 9.53 Å². The van der Waals surface area contributed by atoms with E-state index in [9.17, 15) is 4.79 Å². The van der Waals surface area contributed by atoms with Crippen molar-refractivity contribution in [2.24, 2.45) is 4.99 Å². The van der Waals surface area contributed by atoms with E-state index in [0.29, 0.717) is 6.42 Å². The van der Waals surface area contributed by atoms with Crippen LogP contribution in [0.3, 0.4) is 0 Å². The summed E-state index contributed by atoms with van der Waals surface area (Å²) in [4.78, 5) is 19.5. The maximum Gasteiger partial charge on any atom is 0.167 e. The van der Waals surface area contributed by atoms with Gasteiger partial charge in [0.25, 0.3) is 0 Å². The Morgan fingerprint density at radius 1 is 1.24 bits per heavy atom. The summed E-state index contributed by atoms with van der Waals surface area (Å²) in [7, 11) is 0. The van der Waals surface area contributed by atoms with Crippen molar-refractivity contribution in [1.29, 1.82) is 0 Å². The lowest BCUT2D eigenvalue weighted by Crippen LogP contribution is -2.35. The average molecular weight is 336 g/mol. The summed E-state index contributed by atoms with van der Waals surface area (Å²) >= 11 is 0. The van der Waals surface area contributed by atoms with E-state index in [1.54, 1.807) is 0 Å². The van der Waals surface area contributed by atoms with Gasteiger partial charge in [0.1, 0.15) is 0 Å². The summed E-state index contributed by atoms with van der Waals surface area (Å²) in [5, 5.41) is 0. The maximum absolute atomic E-state index is 12.6. The number of hydrogen-bond acceptors (Lipinski definition) is 4. The Balaban J connectivity index is 1.63. The molecule has 0 bridgehead atoms. The summed E-state index contributed by atoms with van der Waals surface area (Å²) < 4.78 is 5.45. The Bertz CT molecular complexity index is 783. The molecule has 2 heterocycles. The molecule has 4 nitrogen and oxygen atoms in total. The van der Waals surface area contributed by atoms with Crippen LogP contribution in [0.2, 0.25) is 0 Å². The van der Waals surface area contributed by atoms with E-state index in [4.69, 9.17) is 4.74 Å². The minimum Gasteiger partial charge on any atom is -0.379 e. The molecule has 1 aromatic carbocycles. The van der Waals surface area contributed by atoms with E-state index in [1.807, 2.05) is 6.20 Å². The maximum atomic E-state index is 12.6. The van der Waals surface area contributed by atoms with Gasteiger partial charge in [0.05, 0.1) is 13.2 Å². The molecule has 0 aromatic heterocycles. The highest BCUT2D eigenvalue weighted by Gasteiger charge is 2.28. The standard InChI is InChI=1S/C21H24N2O2/c1-2-18-10-15(13-22-18)11-19-20(24)12-16-4-3-5-17(21(16)19)14-23-6-8-25-9-7-23/h3-5,11,13H,2,6-10,12,14H2,1H3/b19-11+. The van der Waals surface area contributed by atoms with Gasteiger partial charge in [-0.05, 0) is 34.8 Å². The van der Waals surface area contributed by atoms with Crippen LogP contribution in [0, 0.1) is 0 Å². The van der Waals surface area contributed by atoms with Gasteiger partial charge in [0.15, 0.2) is 5.78 Å². The molecule has 0 radical (unpaired) electrons. The summed E-state index contributed by atoms with van der Waals surface area (Å²) in [6.07, 6.45) is 6.35. The topological polar surface area (TPSA) is 41.9 Å². The zero-order valence-electron chi connectivity index (χ0n) is 14.8. The lowest BCUT2D eigenvalue weighted by Gasteiger charge is -2.27. The molecule has 1 saturated heterocycles. The summed E-state index contributed by atoms with van der Waals surface area (Å²) in [5.74, 6) is 0.232. The number of ether oxygens (including phenoxy) is 1. The number of carbonyl (C=O) groups excluding carboxylic acids is 1. The van der Waals surface area contributed by atoms with Crippen molar-refractivity contribution in [2.75, 3.05) is 26.3 Å². The molecule has 1 aromatic rings. The number of fused-ring (bicyclic) bond motifs is 1. The number of nitrogens with zero attached hydrogens (tertiary/aromatic N) is 2. The third-order valence-electron chi connectivity index (χ3n) is 5.21. The highest BCUT2D eigenvalue weighted by Crippen LogP contribution is 2.35. The Kier molecular flexibility index (Phi) is 4.64. The molecule has 2 aliphatic heterocycles. The van der Waals surface area contributed by atoms with Crippen molar-refractivity contribution in [3.05, 3.63) is 52.7 Å². The smallest absolute Gasteiger partial charge is 0.167 e. The van der Waals surface area contributed by atoms with E-state index >= 15 is 0 Å². The zero-order valence-corrected chi connectivity index (χ0v) is 14.8. The normalized spacial score (nSPS) is 22.3. The number of aliphatic imine (C=N–C) groups is 1. The number of benzene rings is 1. The number of rotatable bonds is 4. The lowest BCUT2D eigenvalue weighted by molar-refractivity contribution is -0.112. The van der Waals surface area contributed by atoms with Crippen LogP contribution in [0.5, 0.6) is 0 Å². The second-order valence-corrected chi connectivity index (χ2v) is 6.93. The minimum atomic E-state index is 0.232. The predicted octanol–water partition coefficient (Wildman–Crippen LogP) is 3.17. The van der Waals surface area contributed by atoms with Crippen molar-refractivity contribution in [1.82, 2.24) is 4.90 Å². The Labute approximate surface area is 148 Å². The third kappa shape index (κ3) is 3.37. The van der Waals surface area contributed by atoms with Crippen LogP contribution in [0.1, 0.15) is 36.5 Å². The molecule has 1 fully saturated rings. The van der Waals surface area contributed by atoms with Gasteiger partial charge in [-0.15, -0.1) is 0 Å². The largest absolute Gasteiger partial charge is 0.379 e. The van der Waals surface area contributed by atoms with Crippen LogP contribution in [0.25, 0.3) is 5.57 Å². The summed E-state index contributed by atoms with van der Waals surface area (Å²) in [6.45, 7) is 6.50. The summed E-state index contributed by atoms with van der Waals surface area (Å²) in [6, 6.07) is 6.34. The fourth-order valence-corrected chi connectivity index (χ4v) is 3.83. The van der Waals surface area contributed by atoms with Gasteiger partial charge in [0.2, 0.25) is 0 Å². The monoisotopic (exact) mass is 336 g/mol. The van der Waals surface area contributed by atoms with Crippen molar-refractivity contribution >= 4 is 17.1 Å². The SMILES string of the molecule is CCC1=NC=C(/C=C2\C(=O)Cc3cccc(CN4CCOCC4)c32)C1. The van der Waals surface area contributed by atoms with E-state index < -0.39 is 0 Å². The van der Waals surface area contributed by atoms with Gasteiger partial charge in [-0.25, -0.2) is 0 Å². The molecule has 3 aliphatic rings. The average Bonchev–Trinajstić information content (AvgIpc) is 3.21. The molecule has 0 unspecified atom stereocenters. The quantitative estimate of drug-likeness (QED) is 0.793. The first-order valence-corrected chi connectivity index (χ1v) is 9.15. The van der Waals surface area contributed by atoms with Crippen LogP contribution in [0.4, 0.5) is 0 Å².